The number of fused-ring (bicyclic) bond motifs is 3. The van der Waals surface area contributed by atoms with E-state index in [4.69, 9.17) is 9.47 Å². The summed E-state index contributed by atoms with van der Waals surface area (Å²) in [5.74, 6) is -2.21. The molecule has 10 heteroatoms. The van der Waals surface area contributed by atoms with Gasteiger partial charge in [0.05, 0.1) is 25.1 Å². The first-order chi connectivity index (χ1) is 25.9. The summed E-state index contributed by atoms with van der Waals surface area (Å²) in [7, 11) is 0. The van der Waals surface area contributed by atoms with Gasteiger partial charge in [-0.2, -0.15) is 0 Å². The molecule has 0 unspecified atom stereocenters. The molecule has 53 heavy (non-hydrogen) atoms. The van der Waals surface area contributed by atoms with Crippen molar-refractivity contribution in [2.24, 2.45) is 5.92 Å². The summed E-state index contributed by atoms with van der Waals surface area (Å²) in [6, 6.07) is 33.2. The van der Waals surface area contributed by atoms with Crippen molar-refractivity contribution in [1.82, 2.24) is 16.0 Å². The smallest absolute Gasteiger partial charge is 0.407 e. The van der Waals surface area contributed by atoms with Crippen molar-refractivity contribution < 1.29 is 33.8 Å². The van der Waals surface area contributed by atoms with Gasteiger partial charge in [0.2, 0.25) is 11.8 Å². The van der Waals surface area contributed by atoms with Crippen LogP contribution in [0.3, 0.4) is 0 Å². The predicted octanol–water partition coefficient (Wildman–Crippen LogP) is 5.76. The third-order valence-corrected chi connectivity index (χ3v) is 9.73. The average molecular weight is 716 g/mol. The SMILES string of the molecule is O=C(C[C@H]1CC=CCC[C@H](NC(=O)OCC2c3ccccc3-c3ccccc32)C(=O)O[C@H](c2ccccc2)CNC1=O)N[C@@H](CO)Cc1ccccc1. The number of rotatable bonds is 10. The molecule has 0 aromatic heterocycles. The van der Waals surface area contributed by atoms with Crippen LogP contribution in [0.1, 0.15) is 60.0 Å². The van der Waals surface area contributed by atoms with E-state index in [-0.39, 0.29) is 56.8 Å². The molecule has 2 aliphatic rings. The maximum absolute atomic E-state index is 13.7. The summed E-state index contributed by atoms with van der Waals surface area (Å²) >= 11 is 0. The molecule has 3 amide bonds. The Kier molecular flexibility index (Phi) is 12.7. The lowest BCUT2D eigenvalue weighted by atomic mass is 9.98. The lowest BCUT2D eigenvalue weighted by Gasteiger charge is -2.24. The molecule has 4 atom stereocenters. The predicted molar refractivity (Wildman–Crippen MR) is 201 cm³/mol. The molecule has 4 N–H and O–H groups in total. The summed E-state index contributed by atoms with van der Waals surface area (Å²) in [5.41, 5.74) is 6.02. The zero-order chi connectivity index (χ0) is 37.0. The Hall–Kier alpha value is -5.74. The maximum atomic E-state index is 13.7. The van der Waals surface area contributed by atoms with E-state index in [0.29, 0.717) is 18.4 Å². The number of esters is 1. The second-order valence-corrected chi connectivity index (χ2v) is 13.4. The summed E-state index contributed by atoms with van der Waals surface area (Å²) in [6.07, 6.45) is 3.31. The highest BCUT2D eigenvalue weighted by Gasteiger charge is 2.31. The molecule has 0 saturated carbocycles. The number of hydrogen-bond acceptors (Lipinski definition) is 7. The van der Waals surface area contributed by atoms with Gasteiger partial charge in [-0.3, -0.25) is 9.59 Å². The van der Waals surface area contributed by atoms with Crippen LogP contribution in [-0.2, 0) is 30.3 Å². The summed E-state index contributed by atoms with van der Waals surface area (Å²) < 4.78 is 11.7. The number of benzene rings is 4. The molecule has 10 nitrogen and oxygen atoms in total. The Morgan fingerprint density at radius 2 is 1.49 bits per heavy atom. The molecular formula is C43H45N3O7. The second-order valence-electron chi connectivity index (χ2n) is 13.4. The van der Waals surface area contributed by atoms with Crippen molar-refractivity contribution in [3.05, 3.63) is 144 Å². The summed E-state index contributed by atoms with van der Waals surface area (Å²) in [6.45, 7) is -0.186. The van der Waals surface area contributed by atoms with Gasteiger partial charge in [0.15, 0.2) is 0 Å². The Morgan fingerprint density at radius 1 is 0.849 bits per heavy atom. The van der Waals surface area contributed by atoms with Gasteiger partial charge < -0.3 is 30.5 Å². The number of hydrogen-bond donors (Lipinski definition) is 4. The molecule has 6 rings (SSSR count). The molecule has 0 spiro atoms. The molecular weight excluding hydrogens is 670 g/mol. The molecule has 0 saturated heterocycles. The first-order valence-electron chi connectivity index (χ1n) is 18.1. The van der Waals surface area contributed by atoms with E-state index in [9.17, 15) is 24.3 Å². The number of carbonyl (C=O) groups is 4. The van der Waals surface area contributed by atoms with Crippen LogP contribution in [0, 0.1) is 5.92 Å². The third-order valence-electron chi connectivity index (χ3n) is 9.73. The topological polar surface area (TPSA) is 143 Å². The first kappa shape index (κ1) is 37.0. The van der Waals surface area contributed by atoms with Crippen LogP contribution in [0.5, 0.6) is 0 Å². The van der Waals surface area contributed by atoms with Crippen LogP contribution >= 0.6 is 0 Å². The summed E-state index contributed by atoms with van der Waals surface area (Å²) in [5, 5.41) is 18.4. The van der Waals surface area contributed by atoms with Crippen LogP contribution in [0.15, 0.2) is 121 Å². The van der Waals surface area contributed by atoms with E-state index < -0.39 is 36.2 Å². The fourth-order valence-electron chi connectivity index (χ4n) is 6.98. The Bertz CT molecular complexity index is 1850. The van der Waals surface area contributed by atoms with Crippen LogP contribution in [0.4, 0.5) is 4.79 Å². The van der Waals surface area contributed by atoms with Crippen molar-refractivity contribution in [3.63, 3.8) is 0 Å². The largest absolute Gasteiger partial charge is 0.454 e. The minimum Gasteiger partial charge on any atom is -0.454 e. The van der Waals surface area contributed by atoms with Crippen molar-refractivity contribution >= 4 is 23.9 Å². The molecule has 1 aliphatic carbocycles. The van der Waals surface area contributed by atoms with Crippen molar-refractivity contribution in [3.8, 4) is 11.1 Å². The maximum Gasteiger partial charge on any atom is 0.407 e. The number of ether oxygens (including phenoxy) is 2. The fraction of sp³-hybridized carbons (Fsp3) is 0.302. The third kappa shape index (κ3) is 9.78. The second kappa shape index (κ2) is 18.1. The van der Waals surface area contributed by atoms with E-state index >= 15 is 0 Å². The minimum absolute atomic E-state index is 0.0403. The van der Waals surface area contributed by atoms with Gasteiger partial charge in [-0.25, -0.2) is 9.59 Å². The fourth-order valence-corrected chi connectivity index (χ4v) is 6.98. The molecule has 4 aromatic rings. The molecule has 1 aliphatic heterocycles. The molecule has 274 valence electrons. The standard InChI is InChI=1S/C43H45N3O7/c47-27-32(24-29-14-4-1-5-15-29)45-40(48)25-31-18-8-3-9-23-38(42(50)53-39(26-44-41(31)49)30-16-6-2-7-17-30)46-43(51)52-28-37-35-21-12-10-19-33(35)34-20-11-13-22-36(34)37/h1-8,10-17,19-22,31-32,37-39,47H,9,18,23-28H2,(H,44,49)(H,45,48)(H,46,51)/t31-,32-,38+,39+/m1/s1. The van der Waals surface area contributed by atoms with Gasteiger partial charge >= 0.3 is 12.1 Å². The van der Waals surface area contributed by atoms with Gasteiger partial charge in [-0.15, -0.1) is 0 Å². The van der Waals surface area contributed by atoms with Gasteiger partial charge in [-0.05, 0) is 59.1 Å². The highest BCUT2D eigenvalue weighted by Crippen LogP contribution is 2.44. The normalized spacial score (nSPS) is 19.5. The number of carbonyl (C=O) groups excluding carboxylic acids is 4. The average Bonchev–Trinajstić information content (AvgIpc) is 3.51. The zero-order valence-corrected chi connectivity index (χ0v) is 29.5. The van der Waals surface area contributed by atoms with Gasteiger partial charge in [0.1, 0.15) is 18.8 Å². The highest BCUT2D eigenvalue weighted by atomic mass is 16.6. The Morgan fingerprint density at radius 3 is 2.17 bits per heavy atom. The van der Waals surface area contributed by atoms with Crippen LogP contribution < -0.4 is 16.0 Å². The van der Waals surface area contributed by atoms with Crippen LogP contribution in [0.25, 0.3) is 11.1 Å². The van der Waals surface area contributed by atoms with Crippen LogP contribution in [0.2, 0.25) is 0 Å². The number of aliphatic hydroxyl groups is 1. The molecule has 1 heterocycles. The quantitative estimate of drug-likeness (QED) is 0.121. The van der Waals surface area contributed by atoms with E-state index in [0.717, 1.165) is 27.8 Å². The number of aliphatic hydroxyl groups excluding tert-OH is 1. The first-order valence-corrected chi connectivity index (χ1v) is 18.1. The lowest BCUT2D eigenvalue weighted by molar-refractivity contribution is -0.152. The lowest BCUT2D eigenvalue weighted by Crippen LogP contribution is -2.44. The number of alkyl carbamates (subject to hydrolysis) is 1. The minimum atomic E-state index is -1.01. The highest BCUT2D eigenvalue weighted by molar-refractivity contribution is 5.86. The Labute approximate surface area is 309 Å². The van der Waals surface area contributed by atoms with Crippen molar-refractivity contribution in [2.75, 3.05) is 19.8 Å². The van der Waals surface area contributed by atoms with Gasteiger partial charge in [0.25, 0.3) is 0 Å². The monoisotopic (exact) mass is 715 g/mol. The van der Waals surface area contributed by atoms with E-state index in [1.807, 2.05) is 97.1 Å². The molecule has 0 bridgehead atoms. The van der Waals surface area contributed by atoms with Gasteiger partial charge in [-0.1, -0.05) is 121 Å². The van der Waals surface area contributed by atoms with Gasteiger partial charge in [0, 0.05) is 12.3 Å². The number of amides is 3. The number of cyclic esters (lactones) is 1. The molecule has 4 aromatic carbocycles. The van der Waals surface area contributed by atoms with Crippen molar-refractivity contribution in [2.45, 2.75) is 56.2 Å². The summed E-state index contributed by atoms with van der Waals surface area (Å²) in [4.78, 5) is 53.6. The zero-order valence-electron chi connectivity index (χ0n) is 29.5. The number of allylic oxidation sites excluding steroid dienone is 2. The molecule has 0 fully saturated rings. The van der Waals surface area contributed by atoms with E-state index in [1.165, 1.54) is 0 Å². The van der Waals surface area contributed by atoms with Crippen molar-refractivity contribution in [1.29, 1.82) is 0 Å². The van der Waals surface area contributed by atoms with E-state index in [1.54, 1.807) is 12.1 Å². The molecule has 0 radical (unpaired) electrons. The van der Waals surface area contributed by atoms with E-state index in [2.05, 4.69) is 28.1 Å². The van der Waals surface area contributed by atoms with Crippen LogP contribution in [-0.4, -0.2) is 60.8 Å². The number of nitrogens with one attached hydrogen (secondary N) is 3. The Balaban J connectivity index is 1.12.